The Morgan fingerprint density at radius 2 is 1.89 bits per heavy atom. The second-order valence-corrected chi connectivity index (χ2v) is 11.3. The highest BCUT2D eigenvalue weighted by molar-refractivity contribution is 6.76. The van der Waals surface area contributed by atoms with Crippen LogP contribution in [0.15, 0.2) is 0 Å². The van der Waals surface area contributed by atoms with Crippen LogP contribution in [0.1, 0.15) is 19.3 Å². The molecule has 0 aromatic heterocycles. The van der Waals surface area contributed by atoms with Crippen molar-refractivity contribution >= 4 is 20.0 Å². The first kappa shape index (κ1) is 17.1. The first-order valence-electron chi connectivity index (χ1n) is 6.37. The van der Waals surface area contributed by atoms with E-state index in [0.717, 1.165) is 12.5 Å². The SMILES string of the molecule is C[Si](C)(C)CCOC(=O)[C@@H](CCCCN)C(=O)O. The lowest BCUT2D eigenvalue weighted by molar-refractivity contribution is -0.158. The molecule has 0 saturated heterocycles. The third-order valence-corrected chi connectivity index (χ3v) is 4.33. The summed E-state index contributed by atoms with van der Waals surface area (Å²) in [4.78, 5) is 22.6. The molecule has 18 heavy (non-hydrogen) atoms. The van der Waals surface area contributed by atoms with Crippen LogP contribution in [0.4, 0.5) is 0 Å². The largest absolute Gasteiger partial charge is 0.481 e. The average molecular weight is 275 g/mol. The number of carbonyl (C=O) groups excluding carboxylic acids is 1. The van der Waals surface area contributed by atoms with Gasteiger partial charge >= 0.3 is 11.9 Å². The van der Waals surface area contributed by atoms with Gasteiger partial charge < -0.3 is 15.6 Å². The Kier molecular flexibility index (Phi) is 7.85. The zero-order chi connectivity index (χ0) is 14.2. The summed E-state index contributed by atoms with van der Waals surface area (Å²) in [5.41, 5.74) is 5.34. The summed E-state index contributed by atoms with van der Waals surface area (Å²) in [5, 5.41) is 8.98. The Labute approximate surface area is 110 Å². The minimum Gasteiger partial charge on any atom is -0.481 e. The van der Waals surface area contributed by atoms with Gasteiger partial charge in [-0.3, -0.25) is 9.59 Å². The highest BCUT2D eigenvalue weighted by atomic mass is 28.3. The van der Waals surface area contributed by atoms with E-state index in [1.165, 1.54) is 0 Å². The molecule has 1 atom stereocenters. The molecule has 0 amide bonds. The van der Waals surface area contributed by atoms with Crippen molar-refractivity contribution in [1.29, 1.82) is 0 Å². The summed E-state index contributed by atoms with van der Waals surface area (Å²) in [6.07, 6.45) is 1.67. The average Bonchev–Trinajstić information content (AvgIpc) is 2.21. The number of carbonyl (C=O) groups is 2. The van der Waals surface area contributed by atoms with Crippen molar-refractivity contribution in [2.75, 3.05) is 13.2 Å². The lowest BCUT2D eigenvalue weighted by Gasteiger charge is -2.17. The summed E-state index contributed by atoms with van der Waals surface area (Å²) in [6.45, 7) is 7.37. The maximum Gasteiger partial charge on any atom is 0.320 e. The molecule has 0 aliphatic heterocycles. The van der Waals surface area contributed by atoms with Gasteiger partial charge in [-0.15, -0.1) is 0 Å². The zero-order valence-electron chi connectivity index (χ0n) is 11.6. The van der Waals surface area contributed by atoms with E-state index in [9.17, 15) is 9.59 Å². The standard InChI is InChI=1S/C12H25NO4Si/c1-18(2,3)9-8-17-12(16)10(11(14)15)6-4-5-7-13/h10H,4-9,13H2,1-3H3,(H,14,15)/t10-/m0/s1. The number of hydrogen-bond donors (Lipinski definition) is 2. The molecule has 0 aromatic rings. The van der Waals surface area contributed by atoms with E-state index in [1.807, 2.05) is 0 Å². The van der Waals surface area contributed by atoms with Crippen LogP contribution < -0.4 is 5.73 Å². The monoisotopic (exact) mass is 275 g/mol. The van der Waals surface area contributed by atoms with Gasteiger partial charge in [0, 0.05) is 8.07 Å². The minimum absolute atomic E-state index is 0.304. The smallest absolute Gasteiger partial charge is 0.320 e. The van der Waals surface area contributed by atoms with E-state index in [-0.39, 0.29) is 0 Å². The Morgan fingerprint density at radius 1 is 1.28 bits per heavy atom. The molecular formula is C12H25NO4Si. The van der Waals surface area contributed by atoms with Crippen molar-refractivity contribution < 1.29 is 19.4 Å². The number of nitrogens with two attached hydrogens (primary N) is 1. The molecule has 0 saturated carbocycles. The van der Waals surface area contributed by atoms with Crippen LogP contribution in [-0.4, -0.2) is 38.3 Å². The molecule has 0 unspecified atom stereocenters. The lowest BCUT2D eigenvalue weighted by atomic mass is 10.0. The molecule has 0 heterocycles. The second kappa shape index (κ2) is 8.26. The first-order chi connectivity index (χ1) is 8.28. The number of esters is 1. The van der Waals surface area contributed by atoms with E-state index in [1.54, 1.807) is 0 Å². The molecule has 0 spiro atoms. The number of unbranched alkanes of at least 4 members (excludes halogenated alkanes) is 1. The van der Waals surface area contributed by atoms with E-state index >= 15 is 0 Å². The number of carboxylic acid groups (broad SMARTS) is 1. The third-order valence-electron chi connectivity index (χ3n) is 2.63. The maximum atomic E-state index is 11.6. The fourth-order valence-corrected chi connectivity index (χ4v) is 2.11. The number of rotatable bonds is 9. The predicted octanol–water partition coefficient (Wildman–Crippen LogP) is 1.70. The molecule has 0 fully saturated rings. The normalized spacial score (nSPS) is 13.1. The molecule has 0 aliphatic carbocycles. The molecule has 0 aliphatic rings. The van der Waals surface area contributed by atoms with Crippen LogP contribution in [0.25, 0.3) is 0 Å². The number of aliphatic carboxylic acids is 1. The maximum absolute atomic E-state index is 11.6. The molecule has 106 valence electrons. The molecule has 0 rings (SSSR count). The van der Waals surface area contributed by atoms with Crippen molar-refractivity contribution in [3.05, 3.63) is 0 Å². The van der Waals surface area contributed by atoms with E-state index < -0.39 is 25.9 Å². The number of hydrogen-bond acceptors (Lipinski definition) is 4. The van der Waals surface area contributed by atoms with Gasteiger partial charge in [-0.05, 0) is 25.4 Å². The molecule has 0 aromatic carbocycles. The third kappa shape index (κ3) is 8.24. The van der Waals surface area contributed by atoms with Crippen LogP contribution in [0.5, 0.6) is 0 Å². The fraction of sp³-hybridized carbons (Fsp3) is 0.833. The molecular weight excluding hydrogens is 250 g/mol. The van der Waals surface area contributed by atoms with Gasteiger partial charge in [-0.25, -0.2) is 0 Å². The van der Waals surface area contributed by atoms with Crippen LogP contribution >= 0.6 is 0 Å². The Bertz CT molecular complexity index is 276. The minimum atomic E-state index is -1.26. The Hall–Kier alpha value is -0.883. The van der Waals surface area contributed by atoms with Crippen molar-refractivity contribution in [3.63, 3.8) is 0 Å². The number of ether oxygens (including phenoxy) is 1. The van der Waals surface area contributed by atoms with E-state index in [2.05, 4.69) is 19.6 Å². The van der Waals surface area contributed by atoms with Crippen molar-refractivity contribution in [3.8, 4) is 0 Å². The van der Waals surface area contributed by atoms with Crippen LogP contribution in [0.3, 0.4) is 0 Å². The molecule has 0 radical (unpaired) electrons. The van der Waals surface area contributed by atoms with Gasteiger partial charge in [0.15, 0.2) is 5.92 Å². The Morgan fingerprint density at radius 3 is 2.33 bits per heavy atom. The fourth-order valence-electron chi connectivity index (χ4n) is 1.39. The molecule has 5 nitrogen and oxygen atoms in total. The summed E-state index contributed by atoms with van der Waals surface area (Å²) < 4.78 is 5.06. The quantitative estimate of drug-likeness (QED) is 0.289. The molecule has 0 bridgehead atoms. The van der Waals surface area contributed by atoms with Gasteiger partial charge in [0.25, 0.3) is 0 Å². The highest BCUT2D eigenvalue weighted by Gasteiger charge is 2.27. The number of carboxylic acids is 1. The first-order valence-corrected chi connectivity index (χ1v) is 10.1. The van der Waals surface area contributed by atoms with Crippen LogP contribution in [0.2, 0.25) is 25.7 Å². The van der Waals surface area contributed by atoms with Crippen LogP contribution in [0, 0.1) is 5.92 Å². The van der Waals surface area contributed by atoms with Gasteiger partial charge in [-0.2, -0.15) is 0 Å². The molecule has 6 heteroatoms. The Balaban J connectivity index is 4.11. The summed E-state index contributed by atoms with van der Waals surface area (Å²) in [5.74, 6) is -2.76. The van der Waals surface area contributed by atoms with Gasteiger partial charge in [0.2, 0.25) is 0 Å². The second-order valence-electron chi connectivity index (χ2n) is 5.65. The van der Waals surface area contributed by atoms with Crippen LogP contribution in [-0.2, 0) is 14.3 Å². The topological polar surface area (TPSA) is 89.6 Å². The lowest BCUT2D eigenvalue weighted by Crippen LogP contribution is -2.28. The van der Waals surface area contributed by atoms with E-state index in [4.69, 9.17) is 15.6 Å². The summed E-state index contributed by atoms with van der Waals surface area (Å²) >= 11 is 0. The predicted molar refractivity (Wildman–Crippen MR) is 73.1 cm³/mol. The highest BCUT2D eigenvalue weighted by Crippen LogP contribution is 2.13. The van der Waals surface area contributed by atoms with Gasteiger partial charge in [0.05, 0.1) is 6.61 Å². The van der Waals surface area contributed by atoms with E-state index in [0.29, 0.717) is 26.0 Å². The summed E-state index contributed by atoms with van der Waals surface area (Å²) in [6, 6.07) is 0.855. The molecule has 3 N–H and O–H groups in total. The van der Waals surface area contributed by atoms with Crippen molar-refractivity contribution in [1.82, 2.24) is 0 Å². The zero-order valence-corrected chi connectivity index (χ0v) is 12.6. The van der Waals surface area contributed by atoms with Gasteiger partial charge in [-0.1, -0.05) is 26.1 Å². The van der Waals surface area contributed by atoms with Crippen molar-refractivity contribution in [2.45, 2.75) is 44.9 Å². The summed E-state index contributed by atoms with van der Waals surface area (Å²) in [7, 11) is -1.26. The van der Waals surface area contributed by atoms with Crippen molar-refractivity contribution in [2.24, 2.45) is 11.7 Å². The van der Waals surface area contributed by atoms with Gasteiger partial charge in [0.1, 0.15) is 0 Å².